The smallest absolute Gasteiger partial charge is 0.119 e. The molecule has 1 aromatic carbocycles. The van der Waals surface area contributed by atoms with Crippen molar-refractivity contribution in [3.63, 3.8) is 0 Å². The molecule has 0 atom stereocenters. The van der Waals surface area contributed by atoms with Crippen LogP contribution in [-0.4, -0.2) is 19.8 Å². The standard InChI is InChI=1S/C15H22O2/c1-4-9-16-10-6-11-17-15-8-5-7-14(12-15)13(2)3/h5,7-8,12H,2,4,6,9-11H2,1,3H3. The highest BCUT2D eigenvalue weighted by Crippen LogP contribution is 2.18. The SMILES string of the molecule is C=C(C)c1cccc(OCCCOCCC)c1. The molecule has 0 bridgehead atoms. The molecule has 94 valence electrons. The molecule has 2 nitrogen and oxygen atoms in total. The zero-order valence-electron chi connectivity index (χ0n) is 10.9. The van der Waals surface area contributed by atoms with Gasteiger partial charge in [-0.1, -0.05) is 31.2 Å². The number of rotatable bonds is 8. The summed E-state index contributed by atoms with van der Waals surface area (Å²) in [6.45, 7) is 10.3. The first kappa shape index (κ1) is 13.8. The van der Waals surface area contributed by atoms with Gasteiger partial charge in [0.2, 0.25) is 0 Å². The van der Waals surface area contributed by atoms with E-state index in [2.05, 4.69) is 13.5 Å². The Morgan fingerprint density at radius 2 is 2.06 bits per heavy atom. The summed E-state index contributed by atoms with van der Waals surface area (Å²) in [5.41, 5.74) is 2.19. The Kier molecular flexibility index (Phi) is 6.41. The summed E-state index contributed by atoms with van der Waals surface area (Å²) in [6.07, 6.45) is 2.00. The Labute approximate surface area is 104 Å². The number of benzene rings is 1. The van der Waals surface area contributed by atoms with E-state index in [1.54, 1.807) is 0 Å². The van der Waals surface area contributed by atoms with E-state index in [4.69, 9.17) is 9.47 Å². The maximum absolute atomic E-state index is 5.66. The van der Waals surface area contributed by atoms with Crippen LogP contribution < -0.4 is 4.74 Å². The van der Waals surface area contributed by atoms with Crippen molar-refractivity contribution in [3.8, 4) is 5.75 Å². The maximum Gasteiger partial charge on any atom is 0.119 e. The Hall–Kier alpha value is -1.28. The third kappa shape index (κ3) is 5.55. The zero-order chi connectivity index (χ0) is 12.5. The number of hydrogen-bond acceptors (Lipinski definition) is 2. The zero-order valence-corrected chi connectivity index (χ0v) is 10.9. The lowest BCUT2D eigenvalue weighted by Crippen LogP contribution is -2.03. The molecule has 0 aliphatic heterocycles. The third-order valence-corrected chi connectivity index (χ3v) is 2.38. The molecule has 1 rings (SSSR count). The molecule has 2 heteroatoms. The van der Waals surface area contributed by atoms with Gasteiger partial charge in [-0.25, -0.2) is 0 Å². The van der Waals surface area contributed by atoms with Crippen LogP contribution in [0.3, 0.4) is 0 Å². The average molecular weight is 234 g/mol. The molecule has 0 aromatic heterocycles. The summed E-state index contributed by atoms with van der Waals surface area (Å²) < 4.78 is 11.0. The summed E-state index contributed by atoms with van der Waals surface area (Å²) in [6, 6.07) is 8.03. The van der Waals surface area contributed by atoms with Crippen molar-refractivity contribution in [2.24, 2.45) is 0 Å². The summed E-state index contributed by atoms with van der Waals surface area (Å²) in [7, 11) is 0. The van der Waals surface area contributed by atoms with Crippen LogP contribution in [0.15, 0.2) is 30.8 Å². The van der Waals surface area contributed by atoms with Gasteiger partial charge in [-0.2, -0.15) is 0 Å². The molecule has 17 heavy (non-hydrogen) atoms. The number of allylic oxidation sites excluding steroid dienone is 1. The summed E-state index contributed by atoms with van der Waals surface area (Å²) in [5.74, 6) is 0.904. The van der Waals surface area contributed by atoms with Crippen molar-refractivity contribution < 1.29 is 9.47 Å². The molecule has 0 spiro atoms. The van der Waals surface area contributed by atoms with E-state index >= 15 is 0 Å². The van der Waals surface area contributed by atoms with E-state index in [1.165, 1.54) is 0 Å². The largest absolute Gasteiger partial charge is 0.493 e. The van der Waals surface area contributed by atoms with E-state index in [9.17, 15) is 0 Å². The Bertz CT molecular complexity index is 345. The lowest BCUT2D eigenvalue weighted by molar-refractivity contribution is 0.120. The monoisotopic (exact) mass is 234 g/mol. The van der Waals surface area contributed by atoms with Gasteiger partial charge in [0.1, 0.15) is 5.75 Å². The molecule has 0 fully saturated rings. The minimum atomic E-state index is 0.698. The molecule has 0 amide bonds. The lowest BCUT2D eigenvalue weighted by atomic mass is 10.1. The van der Waals surface area contributed by atoms with Gasteiger partial charge in [0.25, 0.3) is 0 Å². The fourth-order valence-electron chi connectivity index (χ4n) is 1.45. The second kappa shape index (κ2) is 7.91. The van der Waals surface area contributed by atoms with Gasteiger partial charge in [-0.15, -0.1) is 0 Å². The van der Waals surface area contributed by atoms with Crippen LogP contribution in [0.2, 0.25) is 0 Å². The summed E-state index contributed by atoms with van der Waals surface area (Å²) in [4.78, 5) is 0. The molecular weight excluding hydrogens is 212 g/mol. The second-order valence-corrected chi connectivity index (χ2v) is 4.12. The molecule has 0 aliphatic rings. The summed E-state index contributed by atoms with van der Waals surface area (Å²) in [5, 5.41) is 0. The van der Waals surface area contributed by atoms with Crippen molar-refractivity contribution in [2.75, 3.05) is 19.8 Å². The second-order valence-electron chi connectivity index (χ2n) is 4.12. The Morgan fingerprint density at radius 3 is 2.76 bits per heavy atom. The van der Waals surface area contributed by atoms with Gasteiger partial charge in [-0.3, -0.25) is 0 Å². The molecule has 0 heterocycles. The molecule has 0 aliphatic carbocycles. The van der Waals surface area contributed by atoms with Crippen LogP contribution >= 0.6 is 0 Å². The minimum absolute atomic E-state index is 0.698. The highest BCUT2D eigenvalue weighted by Gasteiger charge is 1.97. The molecule has 0 saturated heterocycles. The lowest BCUT2D eigenvalue weighted by Gasteiger charge is -2.08. The van der Waals surface area contributed by atoms with E-state index in [1.807, 2.05) is 31.2 Å². The van der Waals surface area contributed by atoms with Gasteiger partial charge in [-0.05, 0) is 31.0 Å². The summed E-state index contributed by atoms with van der Waals surface area (Å²) >= 11 is 0. The Balaban J connectivity index is 2.27. The van der Waals surface area contributed by atoms with Crippen molar-refractivity contribution in [1.82, 2.24) is 0 Å². The van der Waals surface area contributed by atoms with Crippen LogP contribution in [0.1, 0.15) is 32.3 Å². The normalized spacial score (nSPS) is 10.2. The van der Waals surface area contributed by atoms with Gasteiger partial charge < -0.3 is 9.47 Å². The van der Waals surface area contributed by atoms with Crippen LogP contribution in [0, 0.1) is 0 Å². The molecule has 0 N–H and O–H groups in total. The van der Waals surface area contributed by atoms with Gasteiger partial charge in [0.05, 0.1) is 6.61 Å². The fraction of sp³-hybridized carbons (Fsp3) is 0.467. The maximum atomic E-state index is 5.66. The molecule has 0 unspecified atom stereocenters. The molecule has 0 radical (unpaired) electrons. The van der Waals surface area contributed by atoms with Gasteiger partial charge in [0, 0.05) is 19.6 Å². The van der Waals surface area contributed by atoms with E-state index < -0.39 is 0 Å². The predicted molar refractivity (Wildman–Crippen MR) is 72.4 cm³/mol. The van der Waals surface area contributed by atoms with E-state index in [-0.39, 0.29) is 0 Å². The topological polar surface area (TPSA) is 18.5 Å². The minimum Gasteiger partial charge on any atom is -0.493 e. The van der Waals surface area contributed by atoms with Crippen LogP contribution in [-0.2, 0) is 4.74 Å². The van der Waals surface area contributed by atoms with E-state index in [0.29, 0.717) is 6.61 Å². The fourth-order valence-corrected chi connectivity index (χ4v) is 1.45. The first-order chi connectivity index (χ1) is 8.24. The van der Waals surface area contributed by atoms with E-state index in [0.717, 1.165) is 42.9 Å². The first-order valence-electron chi connectivity index (χ1n) is 6.20. The van der Waals surface area contributed by atoms with Crippen LogP contribution in [0.25, 0.3) is 5.57 Å². The van der Waals surface area contributed by atoms with Gasteiger partial charge >= 0.3 is 0 Å². The third-order valence-electron chi connectivity index (χ3n) is 2.38. The quantitative estimate of drug-likeness (QED) is 0.635. The average Bonchev–Trinajstić information content (AvgIpc) is 2.34. The highest BCUT2D eigenvalue weighted by molar-refractivity contribution is 5.62. The van der Waals surface area contributed by atoms with Gasteiger partial charge in [0.15, 0.2) is 0 Å². The predicted octanol–water partition coefficient (Wildman–Crippen LogP) is 3.92. The van der Waals surface area contributed by atoms with Crippen molar-refractivity contribution in [2.45, 2.75) is 26.7 Å². The van der Waals surface area contributed by atoms with Crippen molar-refractivity contribution >= 4 is 5.57 Å². The molecule has 1 aromatic rings. The van der Waals surface area contributed by atoms with Crippen LogP contribution in [0.5, 0.6) is 5.75 Å². The highest BCUT2D eigenvalue weighted by atomic mass is 16.5. The number of hydrogen-bond donors (Lipinski definition) is 0. The first-order valence-corrected chi connectivity index (χ1v) is 6.20. The molecular formula is C15H22O2. The Morgan fingerprint density at radius 1 is 1.24 bits per heavy atom. The van der Waals surface area contributed by atoms with Crippen molar-refractivity contribution in [1.29, 1.82) is 0 Å². The van der Waals surface area contributed by atoms with Crippen LogP contribution in [0.4, 0.5) is 0 Å². The van der Waals surface area contributed by atoms with Crippen molar-refractivity contribution in [3.05, 3.63) is 36.4 Å². The number of ether oxygens (including phenoxy) is 2. The molecule has 0 saturated carbocycles.